The van der Waals surface area contributed by atoms with Crippen LogP contribution in [0.25, 0.3) is 0 Å². The van der Waals surface area contributed by atoms with E-state index >= 15 is 0 Å². The molecule has 0 saturated carbocycles. The highest BCUT2D eigenvalue weighted by atomic mass is 19.1. The Bertz CT molecular complexity index is 494. The topological polar surface area (TPSA) is 72.6 Å². The summed E-state index contributed by atoms with van der Waals surface area (Å²) in [7, 11) is 0. The SMILES string of the molecule is CC1CCC(CC(CN)(C(=O)O)c2cccc(F)c2)O1. The van der Waals surface area contributed by atoms with Gasteiger partial charge < -0.3 is 15.6 Å². The summed E-state index contributed by atoms with van der Waals surface area (Å²) in [5, 5.41) is 9.64. The molecule has 0 aromatic heterocycles. The zero-order valence-corrected chi connectivity index (χ0v) is 11.5. The first-order valence-corrected chi connectivity index (χ1v) is 6.83. The number of rotatable bonds is 5. The predicted molar refractivity (Wildman–Crippen MR) is 73.0 cm³/mol. The molecule has 1 heterocycles. The van der Waals surface area contributed by atoms with E-state index in [4.69, 9.17) is 10.5 Å². The molecular weight excluding hydrogens is 261 g/mol. The Labute approximate surface area is 117 Å². The standard InChI is InChI=1S/C15H20FNO3/c1-10-5-6-13(20-10)8-15(9-17,14(18)19)11-3-2-4-12(16)7-11/h2-4,7,10,13H,5-6,8-9,17H2,1H3,(H,18,19). The van der Waals surface area contributed by atoms with Gasteiger partial charge in [0.05, 0.1) is 12.2 Å². The number of hydrogen-bond acceptors (Lipinski definition) is 3. The Morgan fingerprint density at radius 1 is 1.55 bits per heavy atom. The molecule has 1 aliphatic rings. The summed E-state index contributed by atoms with van der Waals surface area (Å²) in [4.78, 5) is 11.8. The van der Waals surface area contributed by atoms with Crippen molar-refractivity contribution in [3.05, 3.63) is 35.6 Å². The summed E-state index contributed by atoms with van der Waals surface area (Å²) in [5.41, 5.74) is 4.85. The Hall–Kier alpha value is -1.46. The number of carbonyl (C=O) groups is 1. The van der Waals surface area contributed by atoms with Gasteiger partial charge in [0.1, 0.15) is 11.2 Å². The van der Waals surface area contributed by atoms with Crippen LogP contribution < -0.4 is 5.73 Å². The van der Waals surface area contributed by atoms with Gasteiger partial charge in [0.25, 0.3) is 0 Å². The highest BCUT2D eigenvalue weighted by molar-refractivity contribution is 5.81. The van der Waals surface area contributed by atoms with Gasteiger partial charge in [-0.25, -0.2) is 4.39 Å². The van der Waals surface area contributed by atoms with E-state index < -0.39 is 17.2 Å². The van der Waals surface area contributed by atoms with Gasteiger partial charge in [-0.05, 0) is 43.9 Å². The summed E-state index contributed by atoms with van der Waals surface area (Å²) in [5.74, 6) is -1.49. The molecule has 4 nitrogen and oxygen atoms in total. The monoisotopic (exact) mass is 281 g/mol. The molecule has 1 aromatic rings. The Morgan fingerprint density at radius 3 is 2.80 bits per heavy atom. The summed E-state index contributed by atoms with van der Waals surface area (Å²) < 4.78 is 19.1. The number of benzene rings is 1. The number of carboxylic acid groups (broad SMARTS) is 1. The first-order chi connectivity index (χ1) is 9.48. The van der Waals surface area contributed by atoms with Crippen LogP contribution in [0.3, 0.4) is 0 Å². The minimum atomic E-state index is -1.29. The lowest BCUT2D eigenvalue weighted by Crippen LogP contribution is -2.45. The van der Waals surface area contributed by atoms with Crippen molar-refractivity contribution >= 4 is 5.97 Å². The van der Waals surface area contributed by atoms with Crippen molar-refractivity contribution in [2.45, 2.75) is 43.8 Å². The lowest BCUT2D eigenvalue weighted by Gasteiger charge is -2.31. The highest BCUT2D eigenvalue weighted by Crippen LogP contribution is 2.34. The third-order valence-electron chi connectivity index (χ3n) is 4.03. The molecule has 0 spiro atoms. The second kappa shape index (κ2) is 5.89. The number of hydrogen-bond donors (Lipinski definition) is 2. The molecule has 5 heteroatoms. The average molecular weight is 281 g/mol. The molecule has 0 aliphatic carbocycles. The molecule has 1 fully saturated rings. The molecule has 2 rings (SSSR count). The zero-order chi connectivity index (χ0) is 14.8. The fourth-order valence-electron chi connectivity index (χ4n) is 2.83. The van der Waals surface area contributed by atoms with Crippen LogP contribution in [0.5, 0.6) is 0 Å². The fourth-order valence-corrected chi connectivity index (χ4v) is 2.83. The van der Waals surface area contributed by atoms with E-state index in [9.17, 15) is 14.3 Å². The van der Waals surface area contributed by atoms with E-state index in [-0.39, 0.29) is 25.2 Å². The molecular formula is C15H20FNO3. The molecule has 1 aliphatic heterocycles. The second-order valence-corrected chi connectivity index (χ2v) is 5.45. The third kappa shape index (κ3) is 2.83. The lowest BCUT2D eigenvalue weighted by atomic mass is 9.75. The van der Waals surface area contributed by atoms with Gasteiger partial charge in [-0.1, -0.05) is 12.1 Å². The van der Waals surface area contributed by atoms with Crippen molar-refractivity contribution in [2.24, 2.45) is 5.73 Å². The first-order valence-electron chi connectivity index (χ1n) is 6.83. The Balaban J connectivity index is 2.32. The Kier molecular flexibility index (Phi) is 4.40. The van der Waals surface area contributed by atoms with E-state index in [1.165, 1.54) is 18.2 Å². The predicted octanol–water partition coefficient (Wildman–Crippen LogP) is 2.06. The molecule has 20 heavy (non-hydrogen) atoms. The Morgan fingerprint density at radius 2 is 2.30 bits per heavy atom. The maximum Gasteiger partial charge on any atom is 0.315 e. The number of halogens is 1. The van der Waals surface area contributed by atoms with Gasteiger partial charge in [-0.15, -0.1) is 0 Å². The summed E-state index contributed by atoms with van der Waals surface area (Å²) in [6, 6.07) is 5.67. The van der Waals surface area contributed by atoms with Crippen molar-refractivity contribution in [3.63, 3.8) is 0 Å². The average Bonchev–Trinajstić information content (AvgIpc) is 2.81. The fraction of sp³-hybridized carbons (Fsp3) is 0.533. The van der Waals surface area contributed by atoms with Crippen LogP contribution in [-0.4, -0.2) is 29.8 Å². The maximum absolute atomic E-state index is 13.4. The minimum Gasteiger partial charge on any atom is -0.481 e. The molecule has 1 aromatic carbocycles. The van der Waals surface area contributed by atoms with Gasteiger partial charge in [0, 0.05) is 6.54 Å². The minimum absolute atomic E-state index is 0.0833. The van der Waals surface area contributed by atoms with E-state index in [1.54, 1.807) is 6.07 Å². The lowest BCUT2D eigenvalue weighted by molar-refractivity contribution is -0.145. The number of nitrogens with two attached hydrogens (primary N) is 1. The summed E-state index contributed by atoms with van der Waals surface area (Å²) in [6.45, 7) is 1.88. The van der Waals surface area contributed by atoms with Crippen molar-refractivity contribution < 1.29 is 19.0 Å². The normalized spacial score (nSPS) is 25.4. The van der Waals surface area contributed by atoms with Gasteiger partial charge in [0.15, 0.2) is 0 Å². The van der Waals surface area contributed by atoms with Crippen LogP contribution in [0.4, 0.5) is 4.39 Å². The molecule has 0 bridgehead atoms. The summed E-state index contributed by atoms with van der Waals surface area (Å²) in [6.07, 6.45) is 1.98. The number of ether oxygens (including phenoxy) is 1. The number of carboxylic acids is 1. The van der Waals surface area contributed by atoms with E-state index in [1.807, 2.05) is 6.92 Å². The molecule has 3 atom stereocenters. The van der Waals surface area contributed by atoms with Crippen LogP contribution in [0, 0.1) is 5.82 Å². The van der Waals surface area contributed by atoms with E-state index in [2.05, 4.69) is 0 Å². The molecule has 3 N–H and O–H groups in total. The first kappa shape index (κ1) is 14.9. The van der Waals surface area contributed by atoms with Crippen molar-refractivity contribution in [2.75, 3.05) is 6.54 Å². The number of aliphatic carboxylic acids is 1. The van der Waals surface area contributed by atoms with Crippen LogP contribution >= 0.6 is 0 Å². The summed E-state index contributed by atoms with van der Waals surface area (Å²) >= 11 is 0. The second-order valence-electron chi connectivity index (χ2n) is 5.45. The van der Waals surface area contributed by atoms with Crippen LogP contribution in [-0.2, 0) is 14.9 Å². The van der Waals surface area contributed by atoms with E-state index in [0.29, 0.717) is 5.56 Å². The highest BCUT2D eigenvalue weighted by Gasteiger charge is 2.43. The third-order valence-corrected chi connectivity index (χ3v) is 4.03. The molecule has 1 saturated heterocycles. The van der Waals surface area contributed by atoms with E-state index in [0.717, 1.165) is 12.8 Å². The van der Waals surface area contributed by atoms with Gasteiger partial charge >= 0.3 is 5.97 Å². The largest absolute Gasteiger partial charge is 0.481 e. The molecule has 3 unspecified atom stereocenters. The van der Waals surface area contributed by atoms with Crippen molar-refractivity contribution in [1.82, 2.24) is 0 Å². The van der Waals surface area contributed by atoms with Gasteiger partial charge in [-0.2, -0.15) is 0 Å². The quantitative estimate of drug-likeness (QED) is 0.866. The molecule has 0 amide bonds. The molecule has 110 valence electrons. The van der Waals surface area contributed by atoms with Gasteiger partial charge in [-0.3, -0.25) is 4.79 Å². The smallest absolute Gasteiger partial charge is 0.315 e. The molecule has 0 radical (unpaired) electrons. The maximum atomic E-state index is 13.4. The van der Waals surface area contributed by atoms with Crippen LogP contribution in [0.15, 0.2) is 24.3 Å². The van der Waals surface area contributed by atoms with Gasteiger partial charge in [0.2, 0.25) is 0 Å². The zero-order valence-electron chi connectivity index (χ0n) is 11.5. The van der Waals surface area contributed by atoms with Crippen LogP contribution in [0.2, 0.25) is 0 Å². The van der Waals surface area contributed by atoms with Crippen molar-refractivity contribution in [1.29, 1.82) is 0 Å². The van der Waals surface area contributed by atoms with Crippen molar-refractivity contribution in [3.8, 4) is 0 Å². The van der Waals surface area contributed by atoms with Crippen LogP contribution in [0.1, 0.15) is 31.7 Å².